The van der Waals surface area contributed by atoms with Crippen molar-refractivity contribution in [2.75, 3.05) is 0 Å². The summed E-state index contributed by atoms with van der Waals surface area (Å²) in [4.78, 5) is 10.6. The second-order valence-electron chi connectivity index (χ2n) is 4.02. The summed E-state index contributed by atoms with van der Waals surface area (Å²) in [6, 6.07) is 8.91. The Morgan fingerprint density at radius 2 is 1.47 bits per heavy atom. The Hall–Kier alpha value is -2.27. The lowest BCUT2D eigenvalue weighted by molar-refractivity contribution is -0.146. The molecule has 2 aromatic rings. The van der Waals surface area contributed by atoms with Gasteiger partial charge in [-0.3, -0.25) is 0 Å². The highest BCUT2D eigenvalue weighted by molar-refractivity contribution is 5.74. The molecule has 0 radical (unpaired) electrons. The van der Waals surface area contributed by atoms with Crippen LogP contribution in [0.2, 0.25) is 0 Å². The van der Waals surface area contributed by atoms with Crippen LogP contribution in [-0.2, 0) is 4.79 Å². The van der Waals surface area contributed by atoms with Gasteiger partial charge in [0.2, 0.25) is 0 Å². The molecule has 0 saturated heterocycles. The third-order valence-electron chi connectivity index (χ3n) is 2.66. The average molecular weight is 264 g/mol. The number of aliphatic carboxylic acids is 1. The van der Waals surface area contributed by atoms with E-state index in [9.17, 15) is 18.7 Å². The van der Waals surface area contributed by atoms with Gasteiger partial charge in [-0.2, -0.15) is 0 Å². The molecule has 2 rings (SSSR count). The fraction of sp³-hybridized carbons (Fsp3) is 0.0714. The number of halogens is 2. The first-order valence-corrected chi connectivity index (χ1v) is 5.44. The first-order chi connectivity index (χ1) is 8.97. The molecular formula is C14H10F2O3. The van der Waals surface area contributed by atoms with Gasteiger partial charge in [-0.1, -0.05) is 24.3 Å². The van der Waals surface area contributed by atoms with E-state index in [0.29, 0.717) is 11.1 Å². The Labute approximate surface area is 107 Å². The summed E-state index contributed by atoms with van der Waals surface area (Å²) in [7, 11) is 0. The average Bonchev–Trinajstić information content (AvgIpc) is 2.37. The van der Waals surface area contributed by atoms with Crippen LogP contribution in [0.3, 0.4) is 0 Å². The minimum atomic E-state index is -1.61. The van der Waals surface area contributed by atoms with Crippen molar-refractivity contribution in [3.63, 3.8) is 0 Å². The molecule has 1 unspecified atom stereocenters. The summed E-state index contributed by atoms with van der Waals surface area (Å²) in [6.45, 7) is 0. The molecule has 0 aliphatic heterocycles. The van der Waals surface area contributed by atoms with Crippen LogP contribution in [0.1, 0.15) is 11.7 Å². The molecule has 5 heteroatoms. The summed E-state index contributed by atoms with van der Waals surface area (Å²) in [5.74, 6) is -2.74. The third-order valence-corrected chi connectivity index (χ3v) is 2.66. The molecule has 0 amide bonds. The molecule has 19 heavy (non-hydrogen) atoms. The standard InChI is InChI=1S/C14H10F2O3/c15-11-5-10(6-12(16)7-11)8-1-3-9(4-2-8)13(17)14(18)19/h1-7,13,17H,(H,18,19). The van der Waals surface area contributed by atoms with Gasteiger partial charge in [0, 0.05) is 6.07 Å². The van der Waals surface area contributed by atoms with Crippen molar-refractivity contribution in [2.45, 2.75) is 6.10 Å². The maximum Gasteiger partial charge on any atom is 0.337 e. The maximum absolute atomic E-state index is 13.1. The highest BCUT2D eigenvalue weighted by Crippen LogP contribution is 2.23. The Bertz CT molecular complexity index is 588. The third kappa shape index (κ3) is 2.95. The minimum absolute atomic E-state index is 0.202. The predicted molar refractivity (Wildman–Crippen MR) is 64.4 cm³/mol. The van der Waals surface area contributed by atoms with Crippen molar-refractivity contribution in [3.8, 4) is 11.1 Å². The maximum atomic E-state index is 13.1. The minimum Gasteiger partial charge on any atom is -0.479 e. The Morgan fingerprint density at radius 3 is 1.95 bits per heavy atom. The van der Waals surface area contributed by atoms with E-state index in [2.05, 4.69) is 0 Å². The van der Waals surface area contributed by atoms with E-state index in [0.717, 1.165) is 6.07 Å². The van der Waals surface area contributed by atoms with Crippen molar-refractivity contribution in [2.24, 2.45) is 0 Å². The van der Waals surface area contributed by atoms with Crippen LogP contribution in [-0.4, -0.2) is 16.2 Å². The Morgan fingerprint density at radius 1 is 0.947 bits per heavy atom. The lowest BCUT2D eigenvalue weighted by Crippen LogP contribution is -2.10. The van der Waals surface area contributed by atoms with Crippen molar-refractivity contribution in [1.29, 1.82) is 0 Å². The van der Waals surface area contributed by atoms with Crippen LogP contribution in [0.25, 0.3) is 11.1 Å². The molecule has 1 atom stereocenters. The van der Waals surface area contributed by atoms with Gasteiger partial charge in [-0.05, 0) is 28.8 Å². The van der Waals surface area contributed by atoms with E-state index in [-0.39, 0.29) is 5.56 Å². The number of carbonyl (C=O) groups is 1. The van der Waals surface area contributed by atoms with Gasteiger partial charge in [0.25, 0.3) is 0 Å². The SMILES string of the molecule is O=C(O)C(O)c1ccc(-c2cc(F)cc(F)c2)cc1. The first-order valence-electron chi connectivity index (χ1n) is 5.44. The largest absolute Gasteiger partial charge is 0.479 e. The Balaban J connectivity index is 2.34. The highest BCUT2D eigenvalue weighted by atomic mass is 19.1. The van der Waals surface area contributed by atoms with Gasteiger partial charge in [-0.25, -0.2) is 13.6 Å². The Kier molecular flexibility index (Phi) is 3.57. The molecule has 0 aromatic heterocycles. The number of carboxylic acid groups (broad SMARTS) is 1. The quantitative estimate of drug-likeness (QED) is 0.896. The van der Waals surface area contributed by atoms with E-state index in [1.807, 2.05) is 0 Å². The van der Waals surface area contributed by atoms with Gasteiger partial charge in [0.15, 0.2) is 6.10 Å². The summed E-state index contributed by atoms with van der Waals surface area (Å²) in [6.07, 6.45) is -1.61. The number of aliphatic hydroxyl groups is 1. The fourth-order valence-corrected chi connectivity index (χ4v) is 1.72. The number of rotatable bonds is 3. The van der Waals surface area contributed by atoms with Gasteiger partial charge in [0.05, 0.1) is 0 Å². The van der Waals surface area contributed by atoms with Crippen LogP contribution >= 0.6 is 0 Å². The molecule has 0 aliphatic carbocycles. The van der Waals surface area contributed by atoms with Gasteiger partial charge >= 0.3 is 5.97 Å². The van der Waals surface area contributed by atoms with E-state index in [1.54, 1.807) is 0 Å². The van der Waals surface area contributed by atoms with Crippen molar-refractivity contribution in [3.05, 3.63) is 59.7 Å². The smallest absolute Gasteiger partial charge is 0.337 e. The molecule has 98 valence electrons. The van der Waals surface area contributed by atoms with Crippen LogP contribution < -0.4 is 0 Å². The zero-order valence-electron chi connectivity index (χ0n) is 9.68. The van der Waals surface area contributed by atoms with Crippen LogP contribution in [0.4, 0.5) is 8.78 Å². The molecule has 3 nitrogen and oxygen atoms in total. The second-order valence-corrected chi connectivity index (χ2v) is 4.02. The van der Waals surface area contributed by atoms with Crippen LogP contribution in [0, 0.1) is 11.6 Å². The second kappa shape index (κ2) is 5.16. The molecule has 0 heterocycles. The molecule has 0 bridgehead atoms. The number of benzene rings is 2. The summed E-state index contributed by atoms with van der Waals surface area (Å²) >= 11 is 0. The van der Waals surface area contributed by atoms with E-state index >= 15 is 0 Å². The fourth-order valence-electron chi connectivity index (χ4n) is 1.72. The first kappa shape index (κ1) is 13.2. The molecular weight excluding hydrogens is 254 g/mol. The monoisotopic (exact) mass is 264 g/mol. The molecule has 0 saturated carbocycles. The van der Waals surface area contributed by atoms with Gasteiger partial charge in [-0.15, -0.1) is 0 Å². The van der Waals surface area contributed by atoms with Crippen molar-refractivity contribution >= 4 is 5.97 Å². The van der Waals surface area contributed by atoms with Crippen LogP contribution in [0.5, 0.6) is 0 Å². The lowest BCUT2D eigenvalue weighted by atomic mass is 10.0. The molecule has 2 aromatic carbocycles. The van der Waals surface area contributed by atoms with E-state index < -0.39 is 23.7 Å². The summed E-state index contributed by atoms with van der Waals surface area (Å²) in [5, 5.41) is 18.0. The number of aliphatic hydroxyl groups excluding tert-OH is 1. The normalized spacial score (nSPS) is 12.2. The number of carboxylic acids is 1. The van der Waals surface area contributed by atoms with E-state index in [4.69, 9.17) is 5.11 Å². The molecule has 0 fully saturated rings. The molecule has 2 N–H and O–H groups in total. The molecule has 0 spiro atoms. The number of hydrogen-bond acceptors (Lipinski definition) is 2. The summed E-state index contributed by atoms with van der Waals surface area (Å²) in [5.41, 5.74) is 1.07. The predicted octanol–water partition coefficient (Wildman–Crippen LogP) is 2.75. The topological polar surface area (TPSA) is 57.5 Å². The lowest BCUT2D eigenvalue weighted by Gasteiger charge is -2.07. The summed E-state index contributed by atoms with van der Waals surface area (Å²) < 4.78 is 26.1. The van der Waals surface area contributed by atoms with E-state index in [1.165, 1.54) is 36.4 Å². The van der Waals surface area contributed by atoms with Crippen molar-refractivity contribution in [1.82, 2.24) is 0 Å². The van der Waals surface area contributed by atoms with Crippen LogP contribution in [0.15, 0.2) is 42.5 Å². The highest BCUT2D eigenvalue weighted by Gasteiger charge is 2.15. The van der Waals surface area contributed by atoms with Crippen molar-refractivity contribution < 1.29 is 23.8 Å². The zero-order valence-corrected chi connectivity index (χ0v) is 9.68. The van der Waals surface area contributed by atoms with Gasteiger partial charge in [0.1, 0.15) is 11.6 Å². The van der Waals surface area contributed by atoms with Gasteiger partial charge < -0.3 is 10.2 Å². The zero-order chi connectivity index (χ0) is 14.0. The molecule has 0 aliphatic rings. The number of hydrogen-bond donors (Lipinski definition) is 2.